The SMILES string of the molecule is CC(C)N(C)C(CN[C@H](C=O)CCO)C(=O)O. The van der Waals surface area contributed by atoms with E-state index in [1.54, 1.807) is 11.9 Å². The van der Waals surface area contributed by atoms with Crippen LogP contribution >= 0.6 is 0 Å². The van der Waals surface area contributed by atoms with Gasteiger partial charge in [0.2, 0.25) is 0 Å². The molecule has 0 radical (unpaired) electrons. The summed E-state index contributed by atoms with van der Waals surface area (Å²) in [4.78, 5) is 23.4. The summed E-state index contributed by atoms with van der Waals surface area (Å²) in [5, 5.41) is 20.6. The summed E-state index contributed by atoms with van der Waals surface area (Å²) in [6.45, 7) is 3.88. The molecule has 0 spiro atoms. The third-order valence-electron chi connectivity index (χ3n) is 2.77. The first-order chi connectivity index (χ1) is 7.93. The fourth-order valence-electron chi connectivity index (χ4n) is 1.39. The number of carboxylic acids is 1. The van der Waals surface area contributed by atoms with Gasteiger partial charge in [-0.25, -0.2) is 0 Å². The molecule has 0 aromatic carbocycles. The van der Waals surface area contributed by atoms with E-state index in [0.29, 0.717) is 12.7 Å². The second-order valence-corrected chi connectivity index (χ2v) is 4.28. The second-order valence-electron chi connectivity index (χ2n) is 4.28. The summed E-state index contributed by atoms with van der Waals surface area (Å²) in [6, 6.07) is -1.08. The van der Waals surface area contributed by atoms with E-state index in [2.05, 4.69) is 5.32 Å². The number of nitrogens with zero attached hydrogens (tertiary/aromatic N) is 1. The van der Waals surface area contributed by atoms with Gasteiger partial charge in [-0.3, -0.25) is 9.69 Å². The first-order valence-corrected chi connectivity index (χ1v) is 5.68. The van der Waals surface area contributed by atoms with Crippen molar-refractivity contribution in [3.8, 4) is 0 Å². The number of nitrogens with one attached hydrogen (secondary N) is 1. The minimum Gasteiger partial charge on any atom is -0.480 e. The summed E-state index contributed by atoms with van der Waals surface area (Å²) < 4.78 is 0. The Morgan fingerprint density at radius 2 is 2.06 bits per heavy atom. The minimum absolute atomic E-state index is 0.102. The highest BCUT2D eigenvalue weighted by Gasteiger charge is 2.25. The second kappa shape index (κ2) is 8.16. The molecule has 0 amide bonds. The highest BCUT2D eigenvalue weighted by atomic mass is 16.4. The van der Waals surface area contributed by atoms with Crippen molar-refractivity contribution in [2.75, 3.05) is 20.2 Å². The van der Waals surface area contributed by atoms with Crippen LogP contribution in [0.3, 0.4) is 0 Å². The molecule has 0 aromatic rings. The maximum atomic E-state index is 11.1. The molecule has 0 aromatic heterocycles. The van der Waals surface area contributed by atoms with Gasteiger partial charge in [-0.05, 0) is 27.3 Å². The van der Waals surface area contributed by atoms with Gasteiger partial charge in [-0.15, -0.1) is 0 Å². The summed E-state index contributed by atoms with van der Waals surface area (Å²) in [5.41, 5.74) is 0. The van der Waals surface area contributed by atoms with Crippen LogP contribution in [0.4, 0.5) is 0 Å². The first-order valence-electron chi connectivity index (χ1n) is 5.68. The summed E-state index contributed by atoms with van der Waals surface area (Å²) in [6.07, 6.45) is 0.978. The van der Waals surface area contributed by atoms with Gasteiger partial charge in [0.25, 0.3) is 0 Å². The topological polar surface area (TPSA) is 89.9 Å². The van der Waals surface area contributed by atoms with E-state index >= 15 is 0 Å². The van der Waals surface area contributed by atoms with Gasteiger partial charge in [0.15, 0.2) is 0 Å². The van der Waals surface area contributed by atoms with Crippen molar-refractivity contribution in [3.05, 3.63) is 0 Å². The van der Waals surface area contributed by atoms with Gasteiger partial charge in [0.05, 0.1) is 6.04 Å². The fourth-order valence-corrected chi connectivity index (χ4v) is 1.39. The summed E-state index contributed by atoms with van der Waals surface area (Å²) in [7, 11) is 1.73. The number of aliphatic hydroxyl groups excluding tert-OH is 1. The van der Waals surface area contributed by atoms with E-state index < -0.39 is 18.1 Å². The van der Waals surface area contributed by atoms with Crippen molar-refractivity contribution in [1.29, 1.82) is 0 Å². The number of rotatable bonds is 9. The average Bonchev–Trinajstić information content (AvgIpc) is 2.26. The molecular weight excluding hydrogens is 224 g/mol. The van der Waals surface area contributed by atoms with Crippen LogP contribution in [0.1, 0.15) is 20.3 Å². The Morgan fingerprint density at radius 1 is 1.47 bits per heavy atom. The largest absolute Gasteiger partial charge is 0.480 e. The van der Waals surface area contributed by atoms with E-state index in [4.69, 9.17) is 10.2 Å². The molecule has 0 bridgehead atoms. The molecule has 3 N–H and O–H groups in total. The molecule has 1 unspecified atom stereocenters. The predicted molar refractivity (Wildman–Crippen MR) is 63.9 cm³/mol. The molecule has 0 saturated carbocycles. The maximum absolute atomic E-state index is 11.1. The Labute approximate surface area is 102 Å². The van der Waals surface area contributed by atoms with Gasteiger partial charge in [-0.1, -0.05) is 0 Å². The number of hydrogen-bond acceptors (Lipinski definition) is 5. The quantitative estimate of drug-likeness (QED) is 0.467. The molecule has 0 aliphatic heterocycles. The molecule has 100 valence electrons. The summed E-state index contributed by atoms with van der Waals surface area (Å²) in [5.74, 6) is -0.928. The monoisotopic (exact) mass is 246 g/mol. The lowest BCUT2D eigenvalue weighted by molar-refractivity contribution is -0.143. The zero-order valence-corrected chi connectivity index (χ0v) is 10.6. The Kier molecular flexibility index (Phi) is 7.69. The lowest BCUT2D eigenvalue weighted by Gasteiger charge is -2.29. The van der Waals surface area contributed by atoms with Crippen LogP contribution in [0, 0.1) is 0 Å². The zero-order chi connectivity index (χ0) is 13.4. The van der Waals surface area contributed by atoms with E-state index in [1.807, 2.05) is 13.8 Å². The van der Waals surface area contributed by atoms with Crippen LogP contribution < -0.4 is 5.32 Å². The summed E-state index contributed by atoms with van der Waals surface area (Å²) >= 11 is 0. The van der Waals surface area contributed by atoms with Gasteiger partial charge >= 0.3 is 5.97 Å². The van der Waals surface area contributed by atoms with Crippen LogP contribution in [0.2, 0.25) is 0 Å². The average molecular weight is 246 g/mol. The Bertz CT molecular complexity index is 246. The molecule has 0 heterocycles. The van der Waals surface area contributed by atoms with Crippen molar-refractivity contribution >= 4 is 12.3 Å². The number of aliphatic hydroxyl groups is 1. The number of hydrogen-bond donors (Lipinski definition) is 3. The number of likely N-dealkylation sites (N-methyl/N-ethyl adjacent to an activating group) is 1. The standard InChI is InChI=1S/C11H22N2O4/c1-8(2)13(3)10(11(16)17)6-12-9(7-15)4-5-14/h7-10,12,14H,4-6H2,1-3H3,(H,16,17)/t9-,10?/m0/s1. The Balaban J connectivity index is 4.35. The molecule has 0 rings (SSSR count). The number of carbonyl (C=O) groups is 2. The van der Waals surface area contributed by atoms with Crippen molar-refractivity contribution in [2.45, 2.75) is 38.4 Å². The fraction of sp³-hybridized carbons (Fsp3) is 0.818. The molecule has 2 atom stereocenters. The molecule has 6 heteroatoms. The molecular formula is C11H22N2O4. The molecule has 6 nitrogen and oxygen atoms in total. The van der Waals surface area contributed by atoms with Crippen LogP contribution in [-0.4, -0.2) is 65.7 Å². The lowest BCUT2D eigenvalue weighted by atomic mass is 10.2. The van der Waals surface area contributed by atoms with Crippen molar-refractivity contribution in [1.82, 2.24) is 10.2 Å². The smallest absolute Gasteiger partial charge is 0.322 e. The molecule has 0 aliphatic carbocycles. The van der Waals surface area contributed by atoms with Crippen molar-refractivity contribution in [3.63, 3.8) is 0 Å². The van der Waals surface area contributed by atoms with Gasteiger partial charge < -0.3 is 20.3 Å². The normalized spacial score (nSPS) is 14.9. The van der Waals surface area contributed by atoms with Gasteiger partial charge in [-0.2, -0.15) is 0 Å². The van der Waals surface area contributed by atoms with Crippen molar-refractivity contribution in [2.24, 2.45) is 0 Å². The van der Waals surface area contributed by atoms with Crippen molar-refractivity contribution < 1.29 is 19.8 Å². The van der Waals surface area contributed by atoms with E-state index in [1.165, 1.54) is 0 Å². The molecule has 17 heavy (non-hydrogen) atoms. The third-order valence-corrected chi connectivity index (χ3v) is 2.77. The van der Waals surface area contributed by atoms with E-state index in [0.717, 1.165) is 0 Å². The van der Waals surface area contributed by atoms with Crippen LogP contribution in [-0.2, 0) is 9.59 Å². The van der Waals surface area contributed by atoms with Crippen LogP contribution in [0.5, 0.6) is 0 Å². The highest BCUT2D eigenvalue weighted by molar-refractivity contribution is 5.74. The number of carboxylic acid groups (broad SMARTS) is 1. The predicted octanol–water partition coefficient (Wildman–Crippen LogP) is -0.681. The molecule has 0 saturated heterocycles. The van der Waals surface area contributed by atoms with Crippen LogP contribution in [0.25, 0.3) is 0 Å². The third kappa shape index (κ3) is 5.76. The number of carbonyl (C=O) groups excluding carboxylic acids is 1. The number of aldehydes is 1. The molecule has 0 fully saturated rings. The van der Waals surface area contributed by atoms with Gasteiger partial charge in [0.1, 0.15) is 12.3 Å². The highest BCUT2D eigenvalue weighted by Crippen LogP contribution is 2.02. The van der Waals surface area contributed by atoms with Crippen LogP contribution in [0.15, 0.2) is 0 Å². The van der Waals surface area contributed by atoms with E-state index in [-0.39, 0.29) is 19.2 Å². The Hall–Kier alpha value is -0.980. The van der Waals surface area contributed by atoms with E-state index in [9.17, 15) is 9.59 Å². The number of aliphatic carboxylic acids is 1. The van der Waals surface area contributed by atoms with Gasteiger partial charge in [0, 0.05) is 19.2 Å². The molecule has 0 aliphatic rings. The first kappa shape index (κ1) is 16.0. The zero-order valence-electron chi connectivity index (χ0n) is 10.6. The maximum Gasteiger partial charge on any atom is 0.322 e. The minimum atomic E-state index is -0.928. The lowest BCUT2D eigenvalue weighted by Crippen LogP contribution is -2.50. The Morgan fingerprint density at radius 3 is 2.41 bits per heavy atom.